The fourth-order valence-electron chi connectivity index (χ4n) is 2.59. The highest BCUT2D eigenvalue weighted by Crippen LogP contribution is 2.21. The van der Waals surface area contributed by atoms with Crippen molar-refractivity contribution >= 4 is 17.6 Å². The summed E-state index contributed by atoms with van der Waals surface area (Å²) in [5, 5.41) is 9.75. The summed E-state index contributed by atoms with van der Waals surface area (Å²) in [6, 6.07) is 9.44. The third kappa shape index (κ3) is 3.69. The predicted octanol–water partition coefficient (Wildman–Crippen LogP) is 4.46. The smallest absolute Gasteiger partial charge is 0.354 e. The molecule has 0 aliphatic rings. The number of aromatic nitrogens is 2. The van der Waals surface area contributed by atoms with E-state index >= 15 is 0 Å². The Morgan fingerprint density at radius 1 is 1.19 bits per heavy atom. The Balaban J connectivity index is 2.23. The highest BCUT2D eigenvalue weighted by molar-refractivity contribution is 6.31. The van der Waals surface area contributed by atoms with Gasteiger partial charge < -0.3 is 5.11 Å². The minimum Gasteiger partial charge on any atom is -0.477 e. The molecule has 0 spiro atoms. The van der Waals surface area contributed by atoms with Gasteiger partial charge in [0.2, 0.25) is 0 Å². The highest BCUT2D eigenvalue weighted by Gasteiger charge is 2.22. The summed E-state index contributed by atoms with van der Waals surface area (Å²) in [5.41, 5.74) is 0.608. The lowest BCUT2D eigenvalue weighted by Crippen LogP contribution is -2.10. The first kappa shape index (κ1) is 18.6. The van der Waals surface area contributed by atoms with E-state index in [2.05, 4.69) is 16.8 Å². The van der Waals surface area contributed by atoms with Gasteiger partial charge in [-0.1, -0.05) is 30.5 Å². The van der Waals surface area contributed by atoms with E-state index in [1.54, 1.807) is 6.92 Å². The van der Waals surface area contributed by atoms with Crippen molar-refractivity contribution in [3.63, 3.8) is 0 Å². The molecular formula is C20H13ClF2N2O2. The van der Waals surface area contributed by atoms with Gasteiger partial charge in [-0.2, -0.15) is 0 Å². The van der Waals surface area contributed by atoms with Crippen LogP contribution >= 0.6 is 11.6 Å². The molecule has 0 saturated carbocycles. The molecule has 1 heterocycles. The first-order valence-electron chi connectivity index (χ1n) is 7.99. The van der Waals surface area contributed by atoms with Crippen molar-refractivity contribution in [2.75, 3.05) is 0 Å². The minimum absolute atomic E-state index is 0.0113. The van der Waals surface area contributed by atoms with E-state index in [1.807, 2.05) is 0 Å². The number of aromatic carboxylic acids is 1. The number of carbonyl (C=O) groups is 1. The average Bonchev–Trinajstić information content (AvgIpc) is 3.01. The maximum Gasteiger partial charge on any atom is 0.354 e. The van der Waals surface area contributed by atoms with Gasteiger partial charge in [-0.15, -0.1) is 0 Å². The van der Waals surface area contributed by atoms with Crippen LogP contribution in [0.5, 0.6) is 0 Å². The molecule has 27 heavy (non-hydrogen) atoms. The Labute approximate surface area is 159 Å². The number of rotatable bonds is 3. The number of carboxylic acid groups (broad SMARTS) is 1. The number of aryl methyl sites for hydroxylation is 1. The fourth-order valence-corrected chi connectivity index (χ4v) is 2.80. The van der Waals surface area contributed by atoms with Gasteiger partial charge in [0.1, 0.15) is 11.6 Å². The van der Waals surface area contributed by atoms with Gasteiger partial charge >= 0.3 is 5.97 Å². The number of nitrogens with zero attached hydrogens (tertiary/aromatic N) is 2. The lowest BCUT2D eigenvalue weighted by atomic mass is 10.2. The van der Waals surface area contributed by atoms with Crippen molar-refractivity contribution in [2.24, 2.45) is 0 Å². The molecule has 3 rings (SSSR count). The largest absolute Gasteiger partial charge is 0.477 e. The fraction of sp³-hybridized carbons (Fsp3) is 0.100. The lowest BCUT2D eigenvalue weighted by molar-refractivity contribution is 0.0687. The monoisotopic (exact) mass is 386 g/mol. The van der Waals surface area contributed by atoms with Crippen LogP contribution in [-0.4, -0.2) is 20.6 Å². The van der Waals surface area contributed by atoms with E-state index in [0.29, 0.717) is 17.8 Å². The van der Waals surface area contributed by atoms with Crippen molar-refractivity contribution in [2.45, 2.75) is 13.3 Å². The molecule has 7 heteroatoms. The molecule has 0 fully saturated rings. The molecule has 0 unspecified atom stereocenters. The number of halogens is 3. The second-order valence-electron chi connectivity index (χ2n) is 5.55. The normalized spacial score (nSPS) is 10.4. The molecule has 0 atom stereocenters. The molecule has 0 saturated heterocycles. The molecule has 0 aliphatic heterocycles. The van der Waals surface area contributed by atoms with Crippen LogP contribution in [0, 0.1) is 23.5 Å². The minimum atomic E-state index is -1.19. The summed E-state index contributed by atoms with van der Waals surface area (Å²) in [6.07, 6.45) is 0.352. The molecule has 4 nitrogen and oxygen atoms in total. The summed E-state index contributed by atoms with van der Waals surface area (Å²) in [7, 11) is 0. The van der Waals surface area contributed by atoms with Gasteiger partial charge in [0, 0.05) is 5.69 Å². The van der Waals surface area contributed by atoms with E-state index in [0.717, 1.165) is 0 Å². The molecule has 0 aliphatic carbocycles. The second kappa shape index (κ2) is 7.60. The van der Waals surface area contributed by atoms with Gasteiger partial charge in [0.15, 0.2) is 11.5 Å². The molecule has 1 aromatic heterocycles. The third-order valence-electron chi connectivity index (χ3n) is 3.83. The number of carboxylic acids is 1. The third-order valence-corrected chi connectivity index (χ3v) is 4.15. The summed E-state index contributed by atoms with van der Waals surface area (Å²) in [6.45, 7) is 1.76. The van der Waals surface area contributed by atoms with E-state index in [-0.39, 0.29) is 22.1 Å². The maximum absolute atomic E-state index is 14.0. The zero-order chi connectivity index (χ0) is 19.6. The number of hydrogen-bond acceptors (Lipinski definition) is 2. The molecular weight excluding hydrogens is 374 g/mol. The SMILES string of the molecule is CCc1nc(C#Cc2c(F)cccc2Cl)n(-c2ccc(F)cc2)c1C(=O)O. The van der Waals surface area contributed by atoms with Gasteiger partial charge in [0.05, 0.1) is 16.3 Å². The van der Waals surface area contributed by atoms with Crippen LogP contribution in [0.15, 0.2) is 42.5 Å². The first-order chi connectivity index (χ1) is 12.9. The second-order valence-corrected chi connectivity index (χ2v) is 5.96. The number of benzene rings is 2. The summed E-state index contributed by atoms with van der Waals surface area (Å²) in [5.74, 6) is 3.15. The molecule has 0 radical (unpaired) electrons. The molecule has 3 aromatic rings. The molecule has 0 bridgehead atoms. The Bertz CT molecular complexity index is 1060. The first-order valence-corrected chi connectivity index (χ1v) is 8.37. The summed E-state index contributed by atoms with van der Waals surface area (Å²) < 4.78 is 28.5. The van der Waals surface area contributed by atoms with E-state index < -0.39 is 17.6 Å². The Morgan fingerprint density at radius 2 is 1.89 bits per heavy atom. The van der Waals surface area contributed by atoms with Gasteiger partial charge in [-0.25, -0.2) is 18.6 Å². The number of imidazole rings is 1. The van der Waals surface area contributed by atoms with Crippen LogP contribution in [0.1, 0.15) is 34.5 Å². The van der Waals surface area contributed by atoms with Crippen LogP contribution < -0.4 is 0 Å². The van der Waals surface area contributed by atoms with Crippen molar-refractivity contribution in [1.29, 1.82) is 0 Å². The van der Waals surface area contributed by atoms with Crippen molar-refractivity contribution < 1.29 is 18.7 Å². The molecule has 0 amide bonds. The van der Waals surface area contributed by atoms with Gasteiger partial charge in [-0.05, 0) is 48.7 Å². The van der Waals surface area contributed by atoms with Crippen molar-refractivity contribution in [1.82, 2.24) is 9.55 Å². The van der Waals surface area contributed by atoms with E-state index in [9.17, 15) is 18.7 Å². The van der Waals surface area contributed by atoms with E-state index in [1.165, 1.54) is 47.0 Å². The van der Waals surface area contributed by atoms with Crippen LogP contribution in [0.2, 0.25) is 5.02 Å². The van der Waals surface area contributed by atoms with Crippen LogP contribution in [0.25, 0.3) is 5.69 Å². The maximum atomic E-state index is 14.0. The molecule has 136 valence electrons. The number of hydrogen-bond donors (Lipinski definition) is 1. The topological polar surface area (TPSA) is 55.1 Å². The molecule has 1 N–H and O–H groups in total. The lowest BCUT2D eigenvalue weighted by Gasteiger charge is -2.07. The van der Waals surface area contributed by atoms with Crippen LogP contribution in [0.4, 0.5) is 8.78 Å². The van der Waals surface area contributed by atoms with Crippen LogP contribution in [0.3, 0.4) is 0 Å². The van der Waals surface area contributed by atoms with Gasteiger partial charge in [0.25, 0.3) is 0 Å². The van der Waals surface area contributed by atoms with Crippen molar-refractivity contribution in [3.8, 4) is 17.5 Å². The summed E-state index contributed by atoms with van der Waals surface area (Å²) in [4.78, 5) is 16.0. The summed E-state index contributed by atoms with van der Waals surface area (Å²) >= 11 is 5.98. The highest BCUT2D eigenvalue weighted by atomic mass is 35.5. The predicted molar refractivity (Wildman–Crippen MR) is 97.2 cm³/mol. The average molecular weight is 387 g/mol. The zero-order valence-corrected chi connectivity index (χ0v) is 14.9. The zero-order valence-electron chi connectivity index (χ0n) is 14.1. The standard InChI is InChI=1S/C20H13ClF2N2O2/c1-2-17-19(20(26)27)25(13-8-6-12(22)7-9-13)18(24-17)11-10-14-15(21)4-3-5-16(14)23/h3-9H,2H2,1H3,(H,26,27). The Morgan fingerprint density at radius 3 is 2.48 bits per heavy atom. The molecule has 2 aromatic carbocycles. The van der Waals surface area contributed by atoms with Gasteiger partial charge in [-0.3, -0.25) is 4.57 Å². The van der Waals surface area contributed by atoms with Crippen molar-refractivity contribution in [3.05, 3.63) is 81.9 Å². The van der Waals surface area contributed by atoms with Crippen LogP contribution in [-0.2, 0) is 6.42 Å². The Kier molecular flexibility index (Phi) is 5.24. The van der Waals surface area contributed by atoms with E-state index in [4.69, 9.17) is 11.6 Å². The quantitative estimate of drug-likeness (QED) is 0.676. The Hall–Kier alpha value is -3.17.